The van der Waals surface area contributed by atoms with E-state index in [1.807, 2.05) is 0 Å². The third-order valence-electron chi connectivity index (χ3n) is 7.05. The number of rotatable bonds is 8. The van der Waals surface area contributed by atoms with Gasteiger partial charge in [0.1, 0.15) is 29.7 Å². The molecule has 2 N–H and O–H groups in total. The van der Waals surface area contributed by atoms with Gasteiger partial charge in [-0.25, -0.2) is 13.8 Å². The lowest BCUT2D eigenvalue weighted by molar-refractivity contribution is 0.278. The van der Waals surface area contributed by atoms with Crippen LogP contribution in [-0.2, 0) is 30.5 Å². The molecule has 1 aliphatic rings. The SMILES string of the molecule is C=C(c1ccc(OS(C)(=O)=O)c(C)c1)c1ccc(F)c(Br)c1.Cc1cc(C2(c3ccc(F)c(Br)c3)COC(N)=N2)ccc1OS(C)(=O)=O. The Morgan fingerprint density at radius 1 is 0.792 bits per heavy atom. The number of ether oxygens (including phenoxy) is 1. The molecule has 0 radical (unpaired) electrons. The predicted molar refractivity (Wildman–Crippen MR) is 188 cm³/mol. The van der Waals surface area contributed by atoms with Crippen molar-refractivity contribution in [3.05, 3.63) is 133 Å². The fourth-order valence-electron chi connectivity index (χ4n) is 4.75. The van der Waals surface area contributed by atoms with Gasteiger partial charge in [-0.3, -0.25) is 0 Å². The zero-order valence-corrected chi connectivity index (χ0v) is 30.9. The highest BCUT2D eigenvalue weighted by atomic mass is 79.9. The molecule has 4 aromatic rings. The minimum atomic E-state index is -3.64. The summed E-state index contributed by atoms with van der Waals surface area (Å²) in [5.41, 5.74) is 9.73. The van der Waals surface area contributed by atoms with Crippen molar-refractivity contribution >= 4 is 63.7 Å². The smallest absolute Gasteiger partial charge is 0.306 e. The quantitative estimate of drug-likeness (QED) is 0.186. The molecule has 1 atom stereocenters. The Morgan fingerprint density at radius 2 is 1.25 bits per heavy atom. The van der Waals surface area contributed by atoms with Crippen molar-refractivity contribution in [1.29, 1.82) is 0 Å². The number of nitrogens with zero attached hydrogens (tertiary/aromatic N) is 1. The lowest BCUT2D eigenvalue weighted by Crippen LogP contribution is -2.27. The van der Waals surface area contributed by atoms with Crippen molar-refractivity contribution in [3.8, 4) is 11.5 Å². The van der Waals surface area contributed by atoms with Gasteiger partial charge in [-0.1, -0.05) is 30.8 Å². The molecule has 9 nitrogen and oxygen atoms in total. The van der Waals surface area contributed by atoms with E-state index in [0.717, 1.165) is 29.2 Å². The van der Waals surface area contributed by atoms with E-state index < -0.39 is 31.6 Å². The first kappa shape index (κ1) is 37.0. The molecule has 0 aliphatic carbocycles. The molecule has 15 heteroatoms. The standard InChI is InChI=1S/C17H16BrFN2O4S.C16H14BrFO3S/c1-10-7-11(4-6-15(10)25-26(2,22)23)17(9-24-16(20)21-17)12-3-5-14(19)13(18)8-12;1-10-8-12(5-7-16(10)21-22(3,19)20)11(2)13-4-6-15(18)14(17)9-13/h3-8H,9H2,1-2H3,(H2,20,21);4-9H,2H2,1,3H3. The van der Waals surface area contributed by atoms with Crippen LogP contribution in [0.4, 0.5) is 8.78 Å². The van der Waals surface area contributed by atoms with Gasteiger partial charge in [0.15, 0.2) is 5.54 Å². The van der Waals surface area contributed by atoms with Gasteiger partial charge in [-0.05, 0) is 133 Å². The lowest BCUT2D eigenvalue weighted by atomic mass is 9.83. The van der Waals surface area contributed by atoms with Crippen LogP contribution in [0.5, 0.6) is 11.5 Å². The zero-order valence-electron chi connectivity index (χ0n) is 26.1. The summed E-state index contributed by atoms with van der Waals surface area (Å²) in [4.78, 5) is 4.45. The minimum absolute atomic E-state index is 0.0274. The van der Waals surface area contributed by atoms with Crippen LogP contribution in [-0.4, -0.2) is 42.0 Å². The van der Waals surface area contributed by atoms with Crippen molar-refractivity contribution in [2.24, 2.45) is 10.7 Å². The van der Waals surface area contributed by atoms with Crippen molar-refractivity contribution in [3.63, 3.8) is 0 Å². The molecule has 5 rings (SSSR count). The Hall–Kier alpha value is -3.79. The first-order valence-electron chi connectivity index (χ1n) is 13.9. The zero-order chi connectivity index (χ0) is 35.6. The van der Waals surface area contributed by atoms with Crippen LogP contribution in [0.3, 0.4) is 0 Å². The lowest BCUT2D eigenvalue weighted by Gasteiger charge is -2.26. The largest absolute Gasteiger partial charge is 0.462 e. The van der Waals surface area contributed by atoms with Gasteiger partial charge in [-0.15, -0.1) is 0 Å². The Kier molecular flexibility index (Phi) is 11.1. The fourth-order valence-corrected chi connectivity index (χ4v) is 6.54. The van der Waals surface area contributed by atoms with Crippen LogP contribution in [0.2, 0.25) is 0 Å². The number of halogens is 4. The Morgan fingerprint density at radius 3 is 1.73 bits per heavy atom. The predicted octanol–water partition coefficient (Wildman–Crippen LogP) is 7.12. The van der Waals surface area contributed by atoms with Crippen molar-refractivity contribution in [1.82, 2.24) is 0 Å². The average Bonchev–Trinajstić information content (AvgIpc) is 3.39. The number of hydrogen-bond acceptors (Lipinski definition) is 9. The number of nitrogens with two attached hydrogens (primary N) is 1. The summed E-state index contributed by atoms with van der Waals surface area (Å²) in [6.45, 7) is 7.62. The molecule has 0 saturated heterocycles. The maximum Gasteiger partial charge on any atom is 0.306 e. The normalized spacial score (nSPS) is 15.9. The number of benzene rings is 4. The van der Waals surface area contributed by atoms with Crippen LogP contribution in [0.25, 0.3) is 5.57 Å². The molecule has 1 unspecified atom stereocenters. The molecule has 0 bridgehead atoms. The van der Waals surface area contributed by atoms with Gasteiger partial charge in [0.2, 0.25) is 0 Å². The molecule has 0 saturated carbocycles. The molecule has 1 heterocycles. The van der Waals surface area contributed by atoms with E-state index >= 15 is 0 Å². The van der Waals surface area contributed by atoms with Crippen LogP contribution >= 0.6 is 31.9 Å². The summed E-state index contributed by atoms with van der Waals surface area (Å²) >= 11 is 6.33. The number of aryl methyl sites for hydroxylation is 2. The summed E-state index contributed by atoms with van der Waals surface area (Å²) in [7, 11) is -7.20. The molecule has 254 valence electrons. The van der Waals surface area contributed by atoms with E-state index in [1.165, 1.54) is 12.1 Å². The molecule has 0 aromatic heterocycles. The van der Waals surface area contributed by atoms with Crippen molar-refractivity contribution in [2.45, 2.75) is 19.4 Å². The Bertz CT molecular complexity index is 2160. The van der Waals surface area contributed by atoms with Gasteiger partial charge >= 0.3 is 20.2 Å². The topological polar surface area (TPSA) is 134 Å². The van der Waals surface area contributed by atoms with Crippen molar-refractivity contribution in [2.75, 3.05) is 19.1 Å². The van der Waals surface area contributed by atoms with Gasteiger partial charge in [0.05, 0.1) is 21.5 Å². The van der Waals surface area contributed by atoms with Crippen LogP contribution in [0, 0.1) is 25.5 Å². The van der Waals surface area contributed by atoms with E-state index in [0.29, 0.717) is 31.2 Å². The van der Waals surface area contributed by atoms with E-state index in [4.69, 9.17) is 18.8 Å². The van der Waals surface area contributed by atoms with E-state index in [-0.39, 0.29) is 29.9 Å². The second-order valence-electron chi connectivity index (χ2n) is 10.9. The molecule has 0 spiro atoms. The van der Waals surface area contributed by atoms with Crippen molar-refractivity contribution < 1.29 is 38.7 Å². The van der Waals surface area contributed by atoms with E-state index in [9.17, 15) is 25.6 Å². The molecule has 1 aliphatic heterocycles. The third kappa shape index (κ3) is 9.01. The number of hydrogen-bond donors (Lipinski definition) is 1. The molecule has 4 aromatic carbocycles. The highest BCUT2D eigenvalue weighted by Crippen LogP contribution is 2.40. The maximum atomic E-state index is 13.7. The molecule has 0 fully saturated rings. The fraction of sp³-hybridized carbons (Fsp3) is 0.182. The second-order valence-corrected chi connectivity index (χ2v) is 15.7. The third-order valence-corrected chi connectivity index (χ3v) is 9.23. The summed E-state index contributed by atoms with van der Waals surface area (Å²) < 4.78 is 88.0. The van der Waals surface area contributed by atoms with Crippen LogP contribution < -0.4 is 14.1 Å². The summed E-state index contributed by atoms with van der Waals surface area (Å²) in [6.07, 6.45) is 1.98. The second kappa shape index (κ2) is 14.4. The first-order valence-corrected chi connectivity index (χ1v) is 19.1. The number of aliphatic imine (C=N–C) groups is 1. The van der Waals surface area contributed by atoms with Gasteiger partial charge in [-0.2, -0.15) is 16.8 Å². The van der Waals surface area contributed by atoms with E-state index in [2.05, 4.69) is 43.4 Å². The van der Waals surface area contributed by atoms with Crippen LogP contribution in [0.1, 0.15) is 33.4 Å². The van der Waals surface area contributed by atoms with Gasteiger partial charge < -0.3 is 18.8 Å². The molecular weight excluding hydrogens is 798 g/mol. The first-order chi connectivity index (χ1) is 22.3. The Labute approximate surface area is 295 Å². The van der Waals surface area contributed by atoms with Gasteiger partial charge in [0, 0.05) is 0 Å². The number of amidine groups is 1. The molecule has 0 amide bonds. The summed E-state index contributed by atoms with van der Waals surface area (Å²) in [6, 6.07) is 19.3. The highest BCUT2D eigenvalue weighted by Gasteiger charge is 2.40. The maximum absolute atomic E-state index is 13.7. The highest BCUT2D eigenvalue weighted by molar-refractivity contribution is 9.10. The average molecular weight is 829 g/mol. The minimum Gasteiger partial charge on any atom is -0.462 e. The molecular formula is C33H30Br2F2N2O7S2. The summed E-state index contributed by atoms with van der Waals surface area (Å²) in [5.74, 6) is -0.237. The van der Waals surface area contributed by atoms with E-state index in [1.54, 1.807) is 74.5 Å². The van der Waals surface area contributed by atoms with Crippen LogP contribution in [0.15, 0.2) is 93.3 Å². The summed E-state index contributed by atoms with van der Waals surface area (Å²) in [5, 5.41) is 0. The molecule has 48 heavy (non-hydrogen) atoms. The Balaban J connectivity index is 0.000000220. The monoisotopic (exact) mass is 826 g/mol. The van der Waals surface area contributed by atoms with Gasteiger partial charge in [0.25, 0.3) is 6.02 Å².